The first kappa shape index (κ1) is 29.7. The molecular formula is C31H31Cl2N5O4. The molecule has 2 aromatic carbocycles. The number of rotatable bonds is 8. The Labute approximate surface area is 253 Å². The van der Waals surface area contributed by atoms with Gasteiger partial charge in [0, 0.05) is 35.0 Å². The SMILES string of the molecule is COc1nc(-c2cccc(-c3cccc(NC(=O)c4cc(Cl)n[nH]c4=O)c3C)c2Cl)ccc1CNC1CCCCC1O. The van der Waals surface area contributed by atoms with Crippen molar-refractivity contribution in [3.05, 3.63) is 91.8 Å². The summed E-state index contributed by atoms with van der Waals surface area (Å²) in [4.78, 5) is 29.7. The fraction of sp³-hybridized carbons (Fsp3) is 0.290. The molecule has 1 amide bonds. The van der Waals surface area contributed by atoms with Crippen LogP contribution in [0.1, 0.15) is 47.2 Å². The molecule has 5 rings (SSSR count). The molecule has 0 aliphatic heterocycles. The van der Waals surface area contributed by atoms with Crippen LogP contribution in [-0.4, -0.2) is 45.5 Å². The number of halogens is 2. The summed E-state index contributed by atoms with van der Waals surface area (Å²) < 4.78 is 5.62. The second kappa shape index (κ2) is 13.0. The molecule has 218 valence electrons. The highest BCUT2D eigenvalue weighted by molar-refractivity contribution is 6.36. The predicted molar refractivity (Wildman–Crippen MR) is 164 cm³/mol. The van der Waals surface area contributed by atoms with Gasteiger partial charge in [0.2, 0.25) is 5.88 Å². The molecule has 0 bridgehead atoms. The highest BCUT2D eigenvalue weighted by atomic mass is 35.5. The maximum Gasteiger partial charge on any atom is 0.277 e. The van der Waals surface area contributed by atoms with Gasteiger partial charge in [0.05, 0.1) is 23.9 Å². The van der Waals surface area contributed by atoms with Crippen LogP contribution in [0.25, 0.3) is 22.4 Å². The number of carbonyl (C=O) groups is 1. The molecule has 1 aliphatic rings. The van der Waals surface area contributed by atoms with Crippen molar-refractivity contribution in [1.29, 1.82) is 0 Å². The van der Waals surface area contributed by atoms with E-state index in [1.54, 1.807) is 19.2 Å². The van der Waals surface area contributed by atoms with E-state index in [1.165, 1.54) is 6.07 Å². The molecular weight excluding hydrogens is 577 g/mol. The van der Waals surface area contributed by atoms with Crippen molar-refractivity contribution in [2.75, 3.05) is 12.4 Å². The van der Waals surface area contributed by atoms with E-state index in [0.717, 1.165) is 53.5 Å². The molecule has 2 aromatic heterocycles. The first-order valence-electron chi connectivity index (χ1n) is 13.7. The Bertz CT molecular complexity index is 1680. The Morgan fingerprint density at radius 3 is 2.60 bits per heavy atom. The standard InChI is InChI=1S/C31H31Cl2N5O4/c1-17-19(7-6-11-23(17)35-29(40)22-15-27(32)37-38-30(22)41)20-8-5-9-21(28(20)33)24-14-13-18(31(36-24)42-2)16-34-25-10-3-4-12-26(25)39/h5-9,11,13-15,25-26,34,39H,3-4,10,12,16H2,1-2H3,(H,35,40)(H,38,41). The summed E-state index contributed by atoms with van der Waals surface area (Å²) in [5.74, 6) is -0.122. The van der Waals surface area contributed by atoms with Crippen molar-refractivity contribution in [3.8, 4) is 28.3 Å². The number of aliphatic hydroxyl groups excluding tert-OH is 1. The minimum absolute atomic E-state index is 0.00590. The molecule has 2 unspecified atom stereocenters. The zero-order chi connectivity index (χ0) is 29.8. The van der Waals surface area contributed by atoms with Crippen molar-refractivity contribution in [1.82, 2.24) is 20.5 Å². The highest BCUT2D eigenvalue weighted by Crippen LogP contribution is 2.39. The van der Waals surface area contributed by atoms with Crippen LogP contribution in [0.5, 0.6) is 5.88 Å². The fourth-order valence-corrected chi connectivity index (χ4v) is 5.74. The first-order chi connectivity index (χ1) is 20.3. The molecule has 0 spiro atoms. The molecule has 4 aromatic rings. The van der Waals surface area contributed by atoms with Gasteiger partial charge in [-0.2, -0.15) is 5.10 Å². The minimum atomic E-state index is -0.641. The van der Waals surface area contributed by atoms with Crippen molar-refractivity contribution in [2.24, 2.45) is 0 Å². The van der Waals surface area contributed by atoms with Gasteiger partial charge in [-0.25, -0.2) is 10.1 Å². The zero-order valence-electron chi connectivity index (χ0n) is 23.2. The van der Waals surface area contributed by atoms with Crippen LogP contribution in [0.15, 0.2) is 59.4 Å². The fourth-order valence-electron chi connectivity index (χ4n) is 5.26. The van der Waals surface area contributed by atoms with E-state index in [4.69, 9.17) is 32.9 Å². The number of nitrogens with zero attached hydrogens (tertiary/aromatic N) is 2. The van der Waals surface area contributed by atoms with Gasteiger partial charge in [0.1, 0.15) is 10.7 Å². The summed E-state index contributed by atoms with van der Waals surface area (Å²) >= 11 is 12.8. The van der Waals surface area contributed by atoms with Gasteiger partial charge in [0.15, 0.2) is 0 Å². The lowest BCUT2D eigenvalue weighted by Gasteiger charge is -2.28. The van der Waals surface area contributed by atoms with E-state index < -0.39 is 11.5 Å². The van der Waals surface area contributed by atoms with E-state index in [9.17, 15) is 14.7 Å². The number of nitrogens with one attached hydrogen (secondary N) is 3. The topological polar surface area (TPSA) is 129 Å². The summed E-state index contributed by atoms with van der Waals surface area (Å²) in [5.41, 5.74) is 4.32. The second-order valence-electron chi connectivity index (χ2n) is 10.2. The van der Waals surface area contributed by atoms with Crippen LogP contribution < -0.4 is 20.9 Å². The van der Waals surface area contributed by atoms with Gasteiger partial charge in [-0.3, -0.25) is 9.59 Å². The summed E-state index contributed by atoms with van der Waals surface area (Å²) in [6.07, 6.45) is 3.57. The number of H-pyrrole nitrogens is 1. The number of hydrogen-bond acceptors (Lipinski definition) is 7. The smallest absolute Gasteiger partial charge is 0.277 e. The van der Waals surface area contributed by atoms with Crippen LogP contribution in [0, 0.1) is 6.92 Å². The van der Waals surface area contributed by atoms with Crippen molar-refractivity contribution in [3.63, 3.8) is 0 Å². The number of carbonyl (C=O) groups excluding carboxylic acids is 1. The van der Waals surface area contributed by atoms with E-state index in [-0.39, 0.29) is 22.9 Å². The van der Waals surface area contributed by atoms with Gasteiger partial charge < -0.3 is 20.5 Å². The van der Waals surface area contributed by atoms with E-state index >= 15 is 0 Å². The third-order valence-corrected chi connectivity index (χ3v) is 8.18. The third kappa shape index (κ3) is 6.34. The summed E-state index contributed by atoms with van der Waals surface area (Å²) in [6.45, 7) is 2.39. The molecule has 0 saturated heterocycles. The molecule has 2 heterocycles. The number of pyridine rings is 1. The van der Waals surface area contributed by atoms with Crippen LogP contribution in [0.4, 0.5) is 5.69 Å². The number of aromatic amines is 1. The third-order valence-electron chi connectivity index (χ3n) is 7.58. The average molecular weight is 609 g/mol. The largest absolute Gasteiger partial charge is 0.481 e. The van der Waals surface area contributed by atoms with E-state index in [1.807, 2.05) is 43.3 Å². The Hall–Kier alpha value is -3.76. The maximum absolute atomic E-state index is 12.9. The Balaban J connectivity index is 1.41. The molecule has 0 radical (unpaired) electrons. The van der Waals surface area contributed by atoms with Gasteiger partial charge in [-0.15, -0.1) is 0 Å². The Morgan fingerprint density at radius 1 is 1.07 bits per heavy atom. The predicted octanol–water partition coefficient (Wildman–Crippen LogP) is 5.77. The van der Waals surface area contributed by atoms with Crippen molar-refractivity contribution in [2.45, 2.75) is 51.3 Å². The summed E-state index contributed by atoms with van der Waals surface area (Å²) in [7, 11) is 1.58. The molecule has 9 nitrogen and oxygen atoms in total. The molecule has 1 fully saturated rings. The lowest BCUT2D eigenvalue weighted by atomic mass is 9.92. The van der Waals surface area contributed by atoms with Gasteiger partial charge in [-0.05, 0) is 49.1 Å². The lowest BCUT2D eigenvalue weighted by Crippen LogP contribution is -2.41. The van der Waals surface area contributed by atoms with Crippen LogP contribution >= 0.6 is 23.2 Å². The number of hydrogen-bond donors (Lipinski definition) is 4. The molecule has 4 N–H and O–H groups in total. The summed E-state index contributed by atoms with van der Waals surface area (Å²) in [6, 6.07) is 16.3. The number of methoxy groups -OCH3 is 1. The summed E-state index contributed by atoms with van der Waals surface area (Å²) in [5, 5.41) is 22.8. The Kier molecular flexibility index (Phi) is 9.23. The Morgan fingerprint density at radius 2 is 1.81 bits per heavy atom. The molecule has 42 heavy (non-hydrogen) atoms. The number of amides is 1. The molecule has 11 heteroatoms. The maximum atomic E-state index is 12.9. The van der Waals surface area contributed by atoms with E-state index in [0.29, 0.717) is 28.8 Å². The number of benzene rings is 2. The number of ether oxygens (including phenoxy) is 1. The van der Waals surface area contributed by atoms with Gasteiger partial charge in [0.25, 0.3) is 11.5 Å². The van der Waals surface area contributed by atoms with Crippen LogP contribution in [0.3, 0.4) is 0 Å². The van der Waals surface area contributed by atoms with Crippen LogP contribution in [0.2, 0.25) is 10.2 Å². The zero-order valence-corrected chi connectivity index (χ0v) is 24.7. The average Bonchev–Trinajstić information content (AvgIpc) is 2.99. The quantitative estimate of drug-likeness (QED) is 0.200. The molecule has 1 aliphatic carbocycles. The van der Waals surface area contributed by atoms with Crippen LogP contribution in [-0.2, 0) is 6.54 Å². The number of aliphatic hydroxyl groups is 1. The highest BCUT2D eigenvalue weighted by Gasteiger charge is 2.23. The van der Waals surface area contributed by atoms with Gasteiger partial charge in [-0.1, -0.05) is 72.4 Å². The van der Waals surface area contributed by atoms with Crippen molar-refractivity contribution >= 4 is 34.8 Å². The normalized spacial score (nSPS) is 16.7. The van der Waals surface area contributed by atoms with Crippen molar-refractivity contribution < 1.29 is 14.6 Å². The molecule has 1 saturated carbocycles. The second-order valence-corrected chi connectivity index (χ2v) is 11.0. The van der Waals surface area contributed by atoms with Gasteiger partial charge >= 0.3 is 0 Å². The minimum Gasteiger partial charge on any atom is -0.481 e. The van der Waals surface area contributed by atoms with E-state index in [2.05, 4.69) is 20.8 Å². The monoisotopic (exact) mass is 607 g/mol. The lowest BCUT2D eigenvalue weighted by molar-refractivity contribution is 0.0901. The number of anilines is 1. The molecule has 2 atom stereocenters. The number of aromatic nitrogens is 3. The first-order valence-corrected chi connectivity index (χ1v) is 14.4.